The van der Waals surface area contributed by atoms with E-state index in [0.29, 0.717) is 31.6 Å². The second-order valence-electron chi connectivity index (χ2n) is 29.5. The molecule has 0 saturated carbocycles. The van der Waals surface area contributed by atoms with E-state index in [0.717, 1.165) is 115 Å². The topological polar surface area (TPSA) is 237 Å². The third-order valence-corrected chi connectivity index (χ3v) is 20.8. The third kappa shape index (κ3) is 74.2. The molecule has 0 aromatic carbocycles. The Morgan fingerprint density at radius 3 is 0.891 bits per heavy atom. The zero-order valence-corrected chi connectivity index (χ0v) is 67.5. The molecule has 0 bridgehead atoms. The first-order valence-corrected chi connectivity index (χ1v) is 44.8. The van der Waals surface area contributed by atoms with E-state index in [4.69, 9.17) is 37.0 Å². The number of phosphoric ester groups is 2. The SMILES string of the molecule is CCCCCC/C=C\C=C/CCCCCCCC(=O)O[C@H](COC(=O)CCCCCCCCCC(C)C)COP(=O)(O)OC[C@H](O)COP(=O)(O)OC[C@@H](COC(=O)CCCCCCCCCCCCCCCCCCCC)OC(=O)CCCCCCCCCCCCCCCCC(C)CC. The van der Waals surface area contributed by atoms with Crippen LogP contribution in [0.25, 0.3) is 0 Å². The molecule has 101 heavy (non-hydrogen) atoms. The molecule has 0 radical (unpaired) electrons. The van der Waals surface area contributed by atoms with Gasteiger partial charge in [0.1, 0.15) is 19.3 Å². The fraction of sp³-hybridized carbons (Fsp3) is 0.902. The Balaban J connectivity index is 5.27. The van der Waals surface area contributed by atoms with Gasteiger partial charge in [-0.2, -0.15) is 0 Å². The highest BCUT2D eigenvalue weighted by atomic mass is 31.2. The molecule has 0 spiro atoms. The number of aliphatic hydroxyl groups is 1. The number of carbonyl (C=O) groups is 4. The van der Waals surface area contributed by atoms with Gasteiger partial charge in [-0.3, -0.25) is 37.3 Å². The first kappa shape index (κ1) is 98.5. The van der Waals surface area contributed by atoms with Crippen molar-refractivity contribution in [2.24, 2.45) is 11.8 Å². The second kappa shape index (κ2) is 73.1. The van der Waals surface area contributed by atoms with Crippen LogP contribution in [0, 0.1) is 11.8 Å². The Labute approximate surface area is 618 Å². The number of ether oxygens (including phenoxy) is 4. The highest BCUT2D eigenvalue weighted by Gasteiger charge is 2.30. The van der Waals surface area contributed by atoms with Gasteiger partial charge in [0.05, 0.1) is 26.4 Å². The predicted octanol–water partition coefficient (Wildman–Crippen LogP) is 24.2. The average Bonchev–Trinajstić information content (AvgIpc) is 1.46. The van der Waals surface area contributed by atoms with Gasteiger partial charge in [-0.05, 0) is 63.2 Å². The smallest absolute Gasteiger partial charge is 0.462 e. The molecule has 0 fully saturated rings. The summed E-state index contributed by atoms with van der Waals surface area (Å²) in [5.41, 5.74) is 0. The Hall–Kier alpha value is -2.46. The molecule has 596 valence electrons. The fourth-order valence-corrected chi connectivity index (χ4v) is 13.7. The lowest BCUT2D eigenvalue weighted by Gasteiger charge is -2.21. The summed E-state index contributed by atoms with van der Waals surface area (Å²) in [6.07, 6.45) is 66.0. The largest absolute Gasteiger partial charge is 0.472 e. The number of phosphoric acid groups is 2. The molecule has 3 N–H and O–H groups in total. The molecule has 0 aliphatic rings. The van der Waals surface area contributed by atoms with E-state index < -0.39 is 97.5 Å². The van der Waals surface area contributed by atoms with Crippen molar-refractivity contribution in [3.63, 3.8) is 0 Å². The number of rotatable bonds is 79. The number of hydrogen-bond donors (Lipinski definition) is 3. The van der Waals surface area contributed by atoms with E-state index in [-0.39, 0.29) is 25.7 Å². The van der Waals surface area contributed by atoms with E-state index >= 15 is 0 Å². The van der Waals surface area contributed by atoms with Crippen LogP contribution in [0.2, 0.25) is 0 Å². The van der Waals surface area contributed by atoms with Gasteiger partial charge in [-0.15, -0.1) is 0 Å². The first-order chi connectivity index (χ1) is 48.9. The molecule has 0 saturated heterocycles. The maximum absolute atomic E-state index is 13.1. The Morgan fingerprint density at radius 2 is 0.584 bits per heavy atom. The maximum Gasteiger partial charge on any atom is 0.472 e. The minimum absolute atomic E-state index is 0.0844. The number of unbranched alkanes of at least 4 members (excludes halogenated alkanes) is 45. The molecule has 0 heterocycles. The number of aliphatic hydroxyl groups excluding tert-OH is 1. The van der Waals surface area contributed by atoms with Crippen LogP contribution in [0.4, 0.5) is 0 Å². The molecule has 17 nitrogen and oxygen atoms in total. The van der Waals surface area contributed by atoms with Gasteiger partial charge in [-0.1, -0.05) is 355 Å². The van der Waals surface area contributed by atoms with Crippen LogP contribution in [-0.4, -0.2) is 96.7 Å². The normalized spacial score (nSPS) is 14.3. The quantitative estimate of drug-likeness (QED) is 0.0169. The second-order valence-corrected chi connectivity index (χ2v) is 32.5. The molecule has 6 atom stereocenters. The highest BCUT2D eigenvalue weighted by molar-refractivity contribution is 7.47. The van der Waals surface area contributed by atoms with Gasteiger partial charge in [0.15, 0.2) is 12.2 Å². The van der Waals surface area contributed by atoms with Crippen molar-refractivity contribution >= 4 is 39.5 Å². The van der Waals surface area contributed by atoms with Crippen molar-refractivity contribution in [1.82, 2.24) is 0 Å². The molecular weight excluding hydrogens is 1320 g/mol. The first-order valence-electron chi connectivity index (χ1n) is 41.8. The number of carbonyl (C=O) groups excluding carboxylic acids is 4. The van der Waals surface area contributed by atoms with E-state index in [1.165, 1.54) is 205 Å². The molecule has 19 heteroatoms. The Kier molecular flexibility index (Phi) is 71.3. The summed E-state index contributed by atoms with van der Waals surface area (Å²) in [7, 11) is -9.93. The van der Waals surface area contributed by atoms with E-state index in [2.05, 4.69) is 65.8 Å². The Bertz CT molecular complexity index is 2040. The fourth-order valence-electron chi connectivity index (χ4n) is 12.1. The summed E-state index contributed by atoms with van der Waals surface area (Å²) in [4.78, 5) is 73.0. The van der Waals surface area contributed by atoms with Crippen LogP contribution in [0.3, 0.4) is 0 Å². The summed E-state index contributed by atoms with van der Waals surface area (Å²) in [5.74, 6) is -0.593. The van der Waals surface area contributed by atoms with E-state index in [1.54, 1.807) is 0 Å². The molecule has 0 aliphatic carbocycles. The van der Waals surface area contributed by atoms with Crippen LogP contribution in [-0.2, 0) is 65.4 Å². The number of esters is 4. The van der Waals surface area contributed by atoms with Gasteiger partial charge < -0.3 is 33.8 Å². The van der Waals surface area contributed by atoms with Crippen LogP contribution >= 0.6 is 15.6 Å². The lowest BCUT2D eigenvalue weighted by molar-refractivity contribution is -0.161. The lowest BCUT2D eigenvalue weighted by Crippen LogP contribution is -2.30. The monoisotopic (exact) mass is 1480 g/mol. The van der Waals surface area contributed by atoms with Crippen molar-refractivity contribution < 1.29 is 80.2 Å². The van der Waals surface area contributed by atoms with Crippen LogP contribution < -0.4 is 0 Å². The zero-order valence-electron chi connectivity index (χ0n) is 65.7. The van der Waals surface area contributed by atoms with Gasteiger partial charge in [0, 0.05) is 25.7 Å². The molecule has 0 amide bonds. The zero-order chi connectivity index (χ0) is 74.2. The Morgan fingerprint density at radius 1 is 0.327 bits per heavy atom. The number of allylic oxidation sites excluding steroid dienone is 4. The maximum atomic E-state index is 13.1. The summed E-state index contributed by atoms with van der Waals surface area (Å²) < 4.78 is 68.7. The van der Waals surface area contributed by atoms with Crippen molar-refractivity contribution in [1.29, 1.82) is 0 Å². The van der Waals surface area contributed by atoms with Crippen molar-refractivity contribution in [3.8, 4) is 0 Å². The van der Waals surface area contributed by atoms with Crippen molar-refractivity contribution in [3.05, 3.63) is 24.3 Å². The van der Waals surface area contributed by atoms with Crippen LogP contribution in [0.15, 0.2) is 24.3 Å². The number of hydrogen-bond acceptors (Lipinski definition) is 15. The third-order valence-electron chi connectivity index (χ3n) is 18.9. The van der Waals surface area contributed by atoms with Gasteiger partial charge in [-0.25, -0.2) is 9.13 Å². The van der Waals surface area contributed by atoms with Gasteiger partial charge >= 0.3 is 39.5 Å². The minimum Gasteiger partial charge on any atom is -0.462 e. The van der Waals surface area contributed by atoms with Crippen LogP contribution in [0.5, 0.6) is 0 Å². The molecule has 0 aliphatic heterocycles. The minimum atomic E-state index is -4.97. The van der Waals surface area contributed by atoms with Crippen molar-refractivity contribution in [2.45, 2.75) is 426 Å². The average molecular weight is 1480 g/mol. The summed E-state index contributed by atoms with van der Waals surface area (Å²) in [6, 6.07) is 0. The van der Waals surface area contributed by atoms with Gasteiger partial charge in [0.25, 0.3) is 0 Å². The molecule has 0 aromatic heterocycles. The highest BCUT2D eigenvalue weighted by Crippen LogP contribution is 2.45. The summed E-state index contributed by atoms with van der Waals surface area (Å²) in [6.45, 7) is 9.57. The van der Waals surface area contributed by atoms with Crippen molar-refractivity contribution in [2.75, 3.05) is 39.6 Å². The summed E-state index contributed by atoms with van der Waals surface area (Å²) >= 11 is 0. The van der Waals surface area contributed by atoms with Crippen LogP contribution in [0.1, 0.15) is 408 Å². The van der Waals surface area contributed by atoms with Gasteiger partial charge in [0.2, 0.25) is 0 Å². The summed E-state index contributed by atoms with van der Waals surface area (Å²) in [5, 5.41) is 10.6. The van der Waals surface area contributed by atoms with E-state index in [1.807, 2.05) is 0 Å². The lowest BCUT2D eigenvalue weighted by atomic mass is 9.99. The molecule has 0 rings (SSSR count). The predicted molar refractivity (Wildman–Crippen MR) is 414 cm³/mol. The molecular formula is C82H156O17P2. The van der Waals surface area contributed by atoms with E-state index in [9.17, 15) is 43.2 Å². The molecule has 3 unspecified atom stereocenters. The molecule has 0 aromatic rings. The standard InChI is InChI=1S/C82H156O17P2/c1-7-10-12-14-16-18-20-22-24-25-26-28-32-36-40-46-52-58-64-79(84)92-70-77(98-81(86)67-61-55-48-42-38-34-30-29-31-35-39-45-51-57-63-75(6)9-3)72-96-100(88,89)94-68-76(83)69-95-101(90,91)97-73-78(71-93-80(85)65-59-53-49-43-44-50-56-62-74(4)5)99-82(87)66-60-54-47-41-37-33-27-23-21-19-17-15-13-11-8-2/h19,21,23,27,74-78,83H,7-18,20,22,24-26,28-73H2,1-6H3,(H,88,89)(H,90,91)/b21-19-,27-23-/t75?,76-,77-,78-/m1/s1.